The summed E-state index contributed by atoms with van der Waals surface area (Å²) in [6.07, 6.45) is 8.24. The quantitative estimate of drug-likeness (QED) is 0.649. The van der Waals surface area contributed by atoms with E-state index in [9.17, 15) is 4.79 Å². The van der Waals surface area contributed by atoms with Gasteiger partial charge in [0.15, 0.2) is 0 Å². The van der Waals surface area contributed by atoms with Gasteiger partial charge in [-0.05, 0) is 25.7 Å². The van der Waals surface area contributed by atoms with E-state index in [4.69, 9.17) is 0 Å². The molecule has 0 N–H and O–H groups in total. The van der Waals surface area contributed by atoms with Gasteiger partial charge >= 0.3 is 0 Å². The highest BCUT2D eigenvalue weighted by Gasteiger charge is 2.28. The van der Waals surface area contributed by atoms with E-state index >= 15 is 0 Å². The molecule has 2 unspecified atom stereocenters. The van der Waals surface area contributed by atoms with E-state index in [-0.39, 0.29) is 0 Å². The Kier molecular flexibility index (Phi) is 4.47. The van der Waals surface area contributed by atoms with Crippen molar-refractivity contribution in [3.63, 3.8) is 0 Å². The van der Waals surface area contributed by atoms with Gasteiger partial charge in [-0.15, -0.1) is 0 Å². The van der Waals surface area contributed by atoms with Gasteiger partial charge in [0, 0.05) is 11.8 Å². The van der Waals surface area contributed by atoms with Gasteiger partial charge < -0.3 is 0 Å². The molecule has 0 aromatic heterocycles. The first-order valence-corrected chi connectivity index (χ1v) is 5.83. The highest BCUT2D eigenvalue weighted by Crippen LogP contribution is 2.30. The first-order valence-electron chi connectivity index (χ1n) is 5.83. The van der Waals surface area contributed by atoms with Crippen molar-refractivity contribution in [2.24, 2.45) is 11.8 Å². The first-order chi connectivity index (χ1) is 6.29. The minimum absolute atomic E-state index is 0.399. The Bertz CT molecular complexity index is 163. The van der Waals surface area contributed by atoms with E-state index in [0.29, 0.717) is 17.6 Å². The number of rotatable bonds is 4. The minimum atomic E-state index is 0.399. The number of unbranched alkanes of at least 4 members (excludes halogenated alkanes) is 1. The van der Waals surface area contributed by atoms with Crippen LogP contribution in [0.25, 0.3) is 0 Å². The van der Waals surface area contributed by atoms with Crippen LogP contribution in [0.5, 0.6) is 0 Å². The summed E-state index contributed by atoms with van der Waals surface area (Å²) in [5.74, 6) is 1.39. The summed E-state index contributed by atoms with van der Waals surface area (Å²) in [5, 5.41) is 0. The lowest BCUT2D eigenvalue weighted by atomic mass is 9.77. The Labute approximate surface area is 81.9 Å². The van der Waals surface area contributed by atoms with Crippen LogP contribution in [0.2, 0.25) is 0 Å². The summed E-state index contributed by atoms with van der Waals surface area (Å²) in [6, 6.07) is 0. The molecule has 0 heterocycles. The number of carbonyl (C=O) groups is 1. The molecule has 76 valence electrons. The topological polar surface area (TPSA) is 17.1 Å². The third-order valence-electron chi connectivity index (χ3n) is 3.31. The Morgan fingerprint density at radius 2 is 1.92 bits per heavy atom. The van der Waals surface area contributed by atoms with Crippen LogP contribution < -0.4 is 0 Å². The molecule has 0 bridgehead atoms. The van der Waals surface area contributed by atoms with Crippen molar-refractivity contribution in [3.05, 3.63) is 0 Å². The molecule has 1 heteroatoms. The summed E-state index contributed by atoms with van der Waals surface area (Å²) < 4.78 is 0. The van der Waals surface area contributed by atoms with E-state index in [1.165, 1.54) is 19.3 Å². The standard InChI is InChI=1S/C12H22O/c1-3-5-7-11-9-6-8-10(4-2)12(11)13/h10-11H,3-9H2,1-2H3. The van der Waals surface area contributed by atoms with Crippen molar-refractivity contribution < 1.29 is 4.79 Å². The van der Waals surface area contributed by atoms with Crippen LogP contribution in [0.3, 0.4) is 0 Å². The van der Waals surface area contributed by atoms with Crippen molar-refractivity contribution in [2.75, 3.05) is 0 Å². The fraction of sp³-hybridized carbons (Fsp3) is 0.917. The van der Waals surface area contributed by atoms with E-state index in [1.807, 2.05) is 0 Å². The lowest BCUT2D eigenvalue weighted by Crippen LogP contribution is -2.27. The smallest absolute Gasteiger partial charge is 0.139 e. The summed E-state index contributed by atoms with van der Waals surface area (Å²) in [5.41, 5.74) is 0. The number of carbonyl (C=O) groups excluding carboxylic acids is 1. The number of hydrogen-bond acceptors (Lipinski definition) is 1. The molecule has 2 atom stereocenters. The molecule has 1 fully saturated rings. The second kappa shape index (κ2) is 5.41. The molecule has 0 radical (unpaired) electrons. The van der Waals surface area contributed by atoms with Gasteiger partial charge in [-0.2, -0.15) is 0 Å². The summed E-state index contributed by atoms with van der Waals surface area (Å²) in [6.45, 7) is 4.34. The third kappa shape index (κ3) is 2.82. The number of ketones is 1. The van der Waals surface area contributed by atoms with E-state index in [2.05, 4.69) is 13.8 Å². The average Bonchev–Trinajstić information content (AvgIpc) is 2.16. The van der Waals surface area contributed by atoms with Crippen molar-refractivity contribution in [1.82, 2.24) is 0 Å². The van der Waals surface area contributed by atoms with E-state index in [1.54, 1.807) is 0 Å². The van der Waals surface area contributed by atoms with Crippen molar-refractivity contribution >= 4 is 5.78 Å². The summed E-state index contributed by atoms with van der Waals surface area (Å²) in [7, 11) is 0. The Morgan fingerprint density at radius 3 is 2.54 bits per heavy atom. The lowest BCUT2D eigenvalue weighted by molar-refractivity contribution is -0.129. The minimum Gasteiger partial charge on any atom is -0.299 e. The molecule has 13 heavy (non-hydrogen) atoms. The van der Waals surface area contributed by atoms with Gasteiger partial charge in [-0.3, -0.25) is 4.79 Å². The van der Waals surface area contributed by atoms with Gasteiger partial charge in [0.25, 0.3) is 0 Å². The second-order valence-electron chi connectivity index (χ2n) is 4.28. The SMILES string of the molecule is CCCCC1CCCC(CC)C1=O. The third-order valence-corrected chi connectivity index (χ3v) is 3.31. The zero-order valence-electron chi connectivity index (χ0n) is 9.01. The largest absolute Gasteiger partial charge is 0.299 e. The van der Waals surface area contributed by atoms with Gasteiger partial charge in [0.05, 0.1) is 0 Å². The molecule has 1 nitrogen and oxygen atoms in total. The van der Waals surface area contributed by atoms with Crippen LogP contribution in [0.4, 0.5) is 0 Å². The average molecular weight is 182 g/mol. The maximum Gasteiger partial charge on any atom is 0.139 e. The van der Waals surface area contributed by atoms with Crippen molar-refractivity contribution in [1.29, 1.82) is 0 Å². The van der Waals surface area contributed by atoms with Crippen LogP contribution in [0.15, 0.2) is 0 Å². The molecule has 0 spiro atoms. The molecular weight excluding hydrogens is 160 g/mol. The maximum atomic E-state index is 11.9. The predicted octanol–water partition coefficient (Wildman–Crippen LogP) is 3.57. The van der Waals surface area contributed by atoms with Gasteiger partial charge in [0.1, 0.15) is 5.78 Å². The highest BCUT2D eigenvalue weighted by atomic mass is 16.1. The van der Waals surface area contributed by atoms with Crippen LogP contribution >= 0.6 is 0 Å². The molecule has 0 aliphatic heterocycles. The zero-order valence-corrected chi connectivity index (χ0v) is 9.01. The van der Waals surface area contributed by atoms with E-state index in [0.717, 1.165) is 25.7 Å². The van der Waals surface area contributed by atoms with Crippen LogP contribution in [0, 0.1) is 11.8 Å². The molecular formula is C12H22O. The second-order valence-corrected chi connectivity index (χ2v) is 4.28. The molecule has 0 saturated heterocycles. The zero-order chi connectivity index (χ0) is 9.68. The molecule has 1 saturated carbocycles. The molecule has 1 aliphatic rings. The summed E-state index contributed by atoms with van der Waals surface area (Å²) >= 11 is 0. The normalized spacial score (nSPS) is 29.2. The lowest BCUT2D eigenvalue weighted by Gasteiger charge is -2.26. The fourth-order valence-corrected chi connectivity index (χ4v) is 2.37. The fourth-order valence-electron chi connectivity index (χ4n) is 2.37. The number of Topliss-reactive ketones (excluding diaryl/α,β-unsaturated/α-hetero) is 1. The first kappa shape index (κ1) is 10.7. The molecule has 0 aromatic rings. The Balaban J connectivity index is 2.40. The van der Waals surface area contributed by atoms with Gasteiger partial charge in [0.2, 0.25) is 0 Å². The summed E-state index contributed by atoms with van der Waals surface area (Å²) in [4.78, 5) is 11.9. The van der Waals surface area contributed by atoms with E-state index < -0.39 is 0 Å². The Morgan fingerprint density at radius 1 is 1.23 bits per heavy atom. The van der Waals surface area contributed by atoms with Gasteiger partial charge in [-0.1, -0.05) is 33.1 Å². The number of hydrogen-bond donors (Lipinski definition) is 0. The van der Waals surface area contributed by atoms with Crippen molar-refractivity contribution in [2.45, 2.75) is 58.8 Å². The van der Waals surface area contributed by atoms with Crippen LogP contribution in [-0.4, -0.2) is 5.78 Å². The molecule has 1 aliphatic carbocycles. The Hall–Kier alpha value is -0.330. The maximum absolute atomic E-state index is 11.9. The highest BCUT2D eigenvalue weighted by molar-refractivity contribution is 5.84. The van der Waals surface area contributed by atoms with Crippen LogP contribution in [0.1, 0.15) is 58.8 Å². The molecule has 0 amide bonds. The molecule has 1 rings (SSSR count). The van der Waals surface area contributed by atoms with Crippen molar-refractivity contribution in [3.8, 4) is 0 Å². The predicted molar refractivity (Wildman–Crippen MR) is 55.7 cm³/mol. The van der Waals surface area contributed by atoms with Crippen LogP contribution in [-0.2, 0) is 4.79 Å². The van der Waals surface area contributed by atoms with Gasteiger partial charge in [-0.25, -0.2) is 0 Å². The molecule has 0 aromatic carbocycles. The monoisotopic (exact) mass is 182 g/mol.